The number of hydrogen-bond donors (Lipinski definition) is 1. The Kier molecular flexibility index (Phi) is 9.28. The number of likely N-dealkylation sites (tertiary alicyclic amines) is 1. The molecule has 7 heteroatoms. The maximum Gasteiger partial charge on any atom is 0.315 e. The number of aromatic nitrogens is 1. The third-order valence-electron chi connectivity index (χ3n) is 8.89. The molecule has 0 bridgehead atoms. The molecule has 5 rings (SSSR count). The van der Waals surface area contributed by atoms with Gasteiger partial charge in [0.25, 0.3) is 0 Å². The van der Waals surface area contributed by atoms with Crippen LogP contribution in [-0.2, 0) is 19.7 Å². The Morgan fingerprint density at radius 3 is 2.10 bits per heavy atom. The van der Waals surface area contributed by atoms with Crippen molar-refractivity contribution in [1.82, 2.24) is 15.2 Å². The second kappa shape index (κ2) is 13.3. The van der Waals surface area contributed by atoms with Crippen LogP contribution in [0.1, 0.15) is 55.7 Å². The largest absolute Gasteiger partial charge is 0.468 e. The number of carbonyl (C=O) groups excluding carboxylic acids is 2. The fourth-order valence-electron chi connectivity index (χ4n) is 6.71. The number of benzene rings is 2. The van der Waals surface area contributed by atoms with Gasteiger partial charge >= 0.3 is 5.97 Å². The normalized spacial score (nSPS) is 20.5. The molecule has 1 saturated heterocycles. The van der Waals surface area contributed by atoms with E-state index in [4.69, 9.17) is 4.74 Å². The van der Waals surface area contributed by atoms with Gasteiger partial charge in [0.1, 0.15) is 5.92 Å². The number of amides is 1. The first-order chi connectivity index (χ1) is 20.4. The Hall–Kier alpha value is -4.10. The lowest BCUT2D eigenvalue weighted by Gasteiger charge is -2.43. The van der Waals surface area contributed by atoms with Crippen molar-refractivity contribution in [2.24, 2.45) is 10.9 Å². The molecular weight excluding hydrogens is 524 g/mol. The van der Waals surface area contributed by atoms with E-state index in [1.54, 1.807) is 12.4 Å². The van der Waals surface area contributed by atoms with Crippen LogP contribution in [0.4, 0.5) is 0 Å². The number of nitrogens with one attached hydrogen (secondary N) is 1. The lowest BCUT2D eigenvalue weighted by Crippen LogP contribution is -2.44. The highest BCUT2D eigenvalue weighted by Gasteiger charge is 2.41. The van der Waals surface area contributed by atoms with Gasteiger partial charge in [-0.1, -0.05) is 60.7 Å². The minimum atomic E-state index is -0.662. The Labute approximate surface area is 248 Å². The molecule has 0 aliphatic carbocycles. The van der Waals surface area contributed by atoms with Gasteiger partial charge in [-0.3, -0.25) is 19.6 Å². The molecule has 2 aliphatic heterocycles. The number of pyridine rings is 1. The second-order valence-electron chi connectivity index (χ2n) is 11.3. The molecular formula is C35H40N4O3. The molecule has 42 heavy (non-hydrogen) atoms. The molecule has 1 N–H and O–H groups in total. The number of nitrogens with zero attached hydrogens (tertiary/aromatic N) is 3. The van der Waals surface area contributed by atoms with Crippen LogP contribution < -0.4 is 5.32 Å². The van der Waals surface area contributed by atoms with Gasteiger partial charge in [-0.15, -0.1) is 0 Å². The summed E-state index contributed by atoms with van der Waals surface area (Å²) in [5.41, 5.74) is 5.40. The van der Waals surface area contributed by atoms with Crippen LogP contribution >= 0.6 is 0 Å². The highest BCUT2D eigenvalue weighted by molar-refractivity contribution is 6.07. The first-order valence-electron chi connectivity index (χ1n) is 14.8. The zero-order valence-electron chi connectivity index (χ0n) is 24.8. The quantitative estimate of drug-likeness (QED) is 0.282. The van der Waals surface area contributed by atoms with Gasteiger partial charge in [-0.05, 0) is 81.6 Å². The summed E-state index contributed by atoms with van der Waals surface area (Å²) in [6.45, 7) is 7.11. The molecule has 0 spiro atoms. The molecule has 0 radical (unpaired) electrons. The van der Waals surface area contributed by atoms with Crippen molar-refractivity contribution in [1.29, 1.82) is 0 Å². The third kappa shape index (κ3) is 6.07. The summed E-state index contributed by atoms with van der Waals surface area (Å²) in [5, 5.41) is 3.12. The van der Waals surface area contributed by atoms with Crippen molar-refractivity contribution < 1.29 is 14.3 Å². The zero-order valence-corrected chi connectivity index (χ0v) is 24.8. The number of esters is 1. The van der Waals surface area contributed by atoms with Crippen LogP contribution in [0.25, 0.3) is 0 Å². The summed E-state index contributed by atoms with van der Waals surface area (Å²) in [6.07, 6.45) is 6.31. The van der Waals surface area contributed by atoms with Gasteiger partial charge in [0.05, 0.1) is 7.11 Å². The average Bonchev–Trinajstić information content (AvgIpc) is 3.04. The first kappa shape index (κ1) is 29.4. The van der Waals surface area contributed by atoms with Crippen molar-refractivity contribution in [3.8, 4) is 0 Å². The summed E-state index contributed by atoms with van der Waals surface area (Å²) in [5.74, 6) is -1.73. The molecule has 1 fully saturated rings. The predicted molar refractivity (Wildman–Crippen MR) is 165 cm³/mol. The van der Waals surface area contributed by atoms with Gasteiger partial charge in [0, 0.05) is 47.3 Å². The van der Waals surface area contributed by atoms with Crippen molar-refractivity contribution >= 4 is 17.6 Å². The van der Waals surface area contributed by atoms with E-state index in [9.17, 15) is 9.59 Å². The number of allylic oxidation sites excluding steroid dienone is 1. The smallest absolute Gasteiger partial charge is 0.315 e. The van der Waals surface area contributed by atoms with Crippen molar-refractivity contribution in [2.45, 2.75) is 44.4 Å². The lowest BCUT2D eigenvalue weighted by atomic mass is 9.68. The van der Waals surface area contributed by atoms with E-state index < -0.39 is 17.8 Å². The highest BCUT2D eigenvalue weighted by atomic mass is 16.5. The van der Waals surface area contributed by atoms with Crippen molar-refractivity contribution in [3.05, 3.63) is 113 Å². The monoisotopic (exact) mass is 564 g/mol. The number of carbonyl (C=O) groups is 2. The molecule has 218 valence electrons. The standard InChI is InChI=1S/C35H40N4O3/c1-25-30(32(27-15-20-36-21-16-27)31(26(2)38-25)34(41)42-3)33(40)37-19-10-22-39-23-17-35(18-24-39,28-11-6-4-7-12-28)29-13-8-5-9-14-29/h4-9,11-16,20-21,31-32H,10,17-19,22-24H2,1-3H3,(H,37,40). The molecule has 1 amide bonds. The summed E-state index contributed by atoms with van der Waals surface area (Å²) in [7, 11) is 1.37. The maximum atomic E-state index is 13.6. The molecule has 2 aromatic carbocycles. The molecule has 7 nitrogen and oxygen atoms in total. The molecule has 0 saturated carbocycles. The molecule has 2 unspecified atom stereocenters. The van der Waals surface area contributed by atoms with Crippen LogP contribution in [0, 0.1) is 5.92 Å². The van der Waals surface area contributed by atoms with Crippen LogP contribution in [0.5, 0.6) is 0 Å². The number of ether oxygens (including phenoxy) is 1. The average molecular weight is 565 g/mol. The lowest BCUT2D eigenvalue weighted by molar-refractivity contribution is -0.143. The molecule has 3 aromatic rings. The topological polar surface area (TPSA) is 83.9 Å². The van der Waals surface area contributed by atoms with Crippen LogP contribution in [0.2, 0.25) is 0 Å². The highest BCUT2D eigenvalue weighted by Crippen LogP contribution is 2.42. The first-order valence-corrected chi connectivity index (χ1v) is 14.8. The van der Waals surface area contributed by atoms with E-state index >= 15 is 0 Å². The summed E-state index contributed by atoms with van der Waals surface area (Å²) in [4.78, 5) is 37.6. The van der Waals surface area contributed by atoms with Gasteiger partial charge in [-0.25, -0.2) is 0 Å². The van der Waals surface area contributed by atoms with Gasteiger partial charge in [-0.2, -0.15) is 0 Å². The van der Waals surface area contributed by atoms with E-state index in [0.717, 1.165) is 44.5 Å². The third-order valence-corrected chi connectivity index (χ3v) is 8.89. The number of rotatable bonds is 9. The molecule has 1 aromatic heterocycles. The van der Waals surface area contributed by atoms with E-state index in [1.807, 2.05) is 26.0 Å². The number of aliphatic imine (C=N–C) groups is 1. The van der Waals surface area contributed by atoms with Crippen LogP contribution in [0.15, 0.2) is 101 Å². The Balaban J connectivity index is 1.22. The van der Waals surface area contributed by atoms with Gasteiger partial charge in [0.15, 0.2) is 0 Å². The number of methoxy groups -OCH3 is 1. The second-order valence-corrected chi connectivity index (χ2v) is 11.3. The minimum absolute atomic E-state index is 0.0228. The van der Waals surface area contributed by atoms with E-state index in [-0.39, 0.29) is 11.3 Å². The molecule has 2 aliphatic rings. The minimum Gasteiger partial charge on any atom is -0.468 e. The predicted octanol–water partition coefficient (Wildman–Crippen LogP) is 5.29. The Morgan fingerprint density at radius 2 is 1.52 bits per heavy atom. The molecule has 3 heterocycles. The van der Waals surface area contributed by atoms with E-state index in [0.29, 0.717) is 23.5 Å². The van der Waals surface area contributed by atoms with Crippen molar-refractivity contribution in [3.63, 3.8) is 0 Å². The van der Waals surface area contributed by atoms with Gasteiger partial charge in [0.2, 0.25) is 5.91 Å². The van der Waals surface area contributed by atoms with Gasteiger partial charge < -0.3 is 15.0 Å². The zero-order chi connectivity index (χ0) is 29.5. The summed E-state index contributed by atoms with van der Waals surface area (Å²) in [6, 6.07) is 25.4. The fourth-order valence-corrected chi connectivity index (χ4v) is 6.71. The summed E-state index contributed by atoms with van der Waals surface area (Å²) < 4.78 is 5.12. The van der Waals surface area contributed by atoms with Crippen LogP contribution in [0.3, 0.4) is 0 Å². The van der Waals surface area contributed by atoms with Crippen molar-refractivity contribution in [2.75, 3.05) is 33.3 Å². The Morgan fingerprint density at radius 1 is 0.929 bits per heavy atom. The van der Waals surface area contributed by atoms with Crippen LogP contribution in [-0.4, -0.2) is 60.8 Å². The number of piperidine rings is 1. The molecule has 2 atom stereocenters. The maximum absolute atomic E-state index is 13.6. The number of hydrogen-bond acceptors (Lipinski definition) is 6. The SMILES string of the molecule is COC(=O)C1C(C)=NC(C)=C(C(=O)NCCCN2CCC(c3ccccc3)(c3ccccc3)CC2)C1c1ccncc1. The Bertz CT molecular complexity index is 1390. The summed E-state index contributed by atoms with van der Waals surface area (Å²) >= 11 is 0. The van der Waals surface area contributed by atoms with E-state index in [2.05, 4.69) is 80.9 Å². The van der Waals surface area contributed by atoms with E-state index in [1.165, 1.54) is 18.2 Å². The fraction of sp³-hybridized carbons (Fsp3) is 0.371.